The van der Waals surface area contributed by atoms with Crippen LogP contribution in [0.3, 0.4) is 0 Å². The van der Waals surface area contributed by atoms with Gasteiger partial charge in [-0.2, -0.15) is 0 Å². The fourth-order valence-corrected chi connectivity index (χ4v) is 2.20. The minimum absolute atomic E-state index is 0.712. The molecule has 0 aliphatic heterocycles. The van der Waals surface area contributed by atoms with Crippen LogP contribution in [0.5, 0.6) is 5.75 Å². The molecule has 2 nitrogen and oxygen atoms in total. The number of nitrogens with one attached hydrogen (secondary N) is 1. The van der Waals surface area contributed by atoms with E-state index < -0.39 is 0 Å². The highest BCUT2D eigenvalue weighted by molar-refractivity contribution is 6.32. The van der Waals surface area contributed by atoms with Crippen molar-refractivity contribution in [3.8, 4) is 5.75 Å². The lowest BCUT2D eigenvalue weighted by atomic mass is 10.2. The summed E-state index contributed by atoms with van der Waals surface area (Å²) in [4.78, 5) is 0. The summed E-state index contributed by atoms with van der Waals surface area (Å²) in [6, 6.07) is 5.92. The smallest absolute Gasteiger partial charge is 0.137 e. The van der Waals surface area contributed by atoms with Crippen LogP contribution >= 0.6 is 11.6 Å². The molecule has 0 fully saturated rings. The van der Waals surface area contributed by atoms with Crippen molar-refractivity contribution < 1.29 is 4.74 Å². The molecule has 0 amide bonds. The van der Waals surface area contributed by atoms with E-state index in [1.54, 1.807) is 0 Å². The van der Waals surface area contributed by atoms with Crippen LogP contribution in [0, 0.1) is 6.92 Å². The fourth-order valence-electron chi connectivity index (χ4n) is 1.91. The summed E-state index contributed by atoms with van der Waals surface area (Å²) in [7, 11) is 0. The molecule has 0 radical (unpaired) electrons. The van der Waals surface area contributed by atoms with Crippen molar-refractivity contribution in [2.24, 2.45) is 0 Å². The van der Waals surface area contributed by atoms with Crippen LogP contribution in [0.2, 0.25) is 5.02 Å². The Labute approximate surface area is 122 Å². The van der Waals surface area contributed by atoms with Crippen molar-refractivity contribution in [2.75, 3.05) is 19.7 Å². The predicted molar refractivity (Wildman–Crippen MR) is 83.3 cm³/mol. The number of aryl methyl sites for hydroxylation is 1. The van der Waals surface area contributed by atoms with E-state index >= 15 is 0 Å². The molecule has 0 bridgehead atoms. The monoisotopic (exact) mass is 283 g/mol. The highest BCUT2D eigenvalue weighted by Crippen LogP contribution is 2.25. The first-order chi connectivity index (χ1) is 9.24. The van der Waals surface area contributed by atoms with Gasteiger partial charge in [0, 0.05) is 0 Å². The molecule has 1 rings (SSSR count). The summed E-state index contributed by atoms with van der Waals surface area (Å²) in [5.41, 5.74) is 1.16. The summed E-state index contributed by atoms with van der Waals surface area (Å²) >= 11 is 6.11. The molecule has 0 unspecified atom stereocenters. The standard InChI is InChI=1S/C16H26ClNO/c1-3-10-18-11-6-4-5-7-12-19-16-9-8-14(2)13-15(16)17/h8-9,13,18H,3-7,10-12H2,1-2H3. The van der Waals surface area contributed by atoms with Gasteiger partial charge in [0.25, 0.3) is 0 Å². The molecule has 0 saturated carbocycles. The zero-order valence-electron chi connectivity index (χ0n) is 12.2. The Bertz CT molecular complexity index is 355. The van der Waals surface area contributed by atoms with Crippen LogP contribution < -0.4 is 10.1 Å². The van der Waals surface area contributed by atoms with E-state index in [1.165, 1.54) is 25.7 Å². The fraction of sp³-hybridized carbons (Fsp3) is 0.625. The number of unbranched alkanes of at least 4 members (excludes halogenated alkanes) is 3. The Kier molecular flexibility index (Phi) is 8.68. The van der Waals surface area contributed by atoms with Crippen molar-refractivity contribution in [3.63, 3.8) is 0 Å². The molecular weight excluding hydrogens is 258 g/mol. The third-order valence-electron chi connectivity index (χ3n) is 3.02. The third kappa shape index (κ3) is 7.44. The summed E-state index contributed by atoms with van der Waals surface area (Å²) in [6.45, 7) is 7.25. The van der Waals surface area contributed by atoms with Gasteiger partial charge in [-0.25, -0.2) is 0 Å². The Morgan fingerprint density at radius 3 is 2.63 bits per heavy atom. The van der Waals surface area contributed by atoms with Gasteiger partial charge in [0.2, 0.25) is 0 Å². The lowest BCUT2D eigenvalue weighted by Crippen LogP contribution is -2.15. The Morgan fingerprint density at radius 2 is 1.89 bits per heavy atom. The van der Waals surface area contributed by atoms with Gasteiger partial charge >= 0.3 is 0 Å². The molecule has 0 aromatic heterocycles. The van der Waals surface area contributed by atoms with Gasteiger partial charge in [-0.1, -0.05) is 37.4 Å². The van der Waals surface area contributed by atoms with Gasteiger partial charge < -0.3 is 10.1 Å². The first kappa shape index (κ1) is 16.3. The van der Waals surface area contributed by atoms with Gasteiger partial charge in [0.1, 0.15) is 5.75 Å². The second-order valence-electron chi connectivity index (χ2n) is 4.95. The molecule has 1 aromatic rings. The number of rotatable bonds is 10. The van der Waals surface area contributed by atoms with Crippen LogP contribution in [0.1, 0.15) is 44.6 Å². The van der Waals surface area contributed by atoms with Crippen molar-refractivity contribution in [1.29, 1.82) is 0 Å². The molecule has 19 heavy (non-hydrogen) atoms. The second-order valence-corrected chi connectivity index (χ2v) is 5.35. The van der Waals surface area contributed by atoms with Crippen LogP contribution in [0.4, 0.5) is 0 Å². The number of hydrogen-bond acceptors (Lipinski definition) is 2. The first-order valence-corrected chi connectivity index (χ1v) is 7.71. The van der Waals surface area contributed by atoms with Crippen molar-refractivity contribution in [3.05, 3.63) is 28.8 Å². The van der Waals surface area contributed by atoms with Gasteiger partial charge in [0.05, 0.1) is 11.6 Å². The largest absolute Gasteiger partial charge is 0.492 e. The molecule has 1 N–H and O–H groups in total. The molecule has 0 heterocycles. The van der Waals surface area contributed by atoms with Crippen LogP contribution in [-0.2, 0) is 0 Å². The molecule has 0 spiro atoms. The Balaban J connectivity index is 2.01. The summed E-state index contributed by atoms with van der Waals surface area (Å²) in [6.07, 6.45) is 6.05. The van der Waals surface area contributed by atoms with Crippen LogP contribution in [-0.4, -0.2) is 19.7 Å². The average molecular weight is 284 g/mol. The molecule has 0 atom stereocenters. The van der Waals surface area contributed by atoms with Crippen LogP contribution in [0.15, 0.2) is 18.2 Å². The molecular formula is C16H26ClNO. The van der Waals surface area contributed by atoms with E-state index in [9.17, 15) is 0 Å². The van der Waals surface area contributed by atoms with Gasteiger partial charge in [0.15, 0.2) is 0 Å². The first-order valence-electron chi connectivity index (χ1n) is 7.33. The average Bonchev–Trinajstić information content (AvgIpc) is 2.39. The SMILES string of the molecule is CCCNCCCCCCOc1ccc(C)cc1Cl. The summed E-state index contributed by atoms with van der Waals surface area (Å²) < 4.78 is 5.69. The van der Waals surface area contributed by atoms with E-state index in [4.69, 9.17) is 16.3 Å². The number of hydrogen-bond donors (Lipinski definition) is 1. The predicted octanol–water partition coefficient (Wildman–Crippen LogP) is 4.59. The van der Waals surface area contributed by atoms with Crippen LogP contribution in [0.25, 0.3) is 0 Å². The maximum atomic E-state index is 6.11. The van der Waals surface area contributed by atoms with Gasteiger partial charge in [-0.05, 0) is 57.0 Å². The van der Waals surface area contributed by atoms with Crippen molar-refractivity contribution in [2.45, 2.75) is 46.0 Å². The number of benzene rings is 1. The minimum atomic E-state index is 0.712. The highest BCUT2D eigenvalue weighted by atomic mass is 35.5. The lowest BCUT2D eigenvalue weighted by molar-refractivity contribution is 0.304. The normalized spacial score (nSPS) is 10.7. The summed E-state index contributed by atoms with van der Waals surface area (Å²) in [5.74, 6) is 0.803. The van der Waals surface area contributed by atoms with E-state index in [2.05, 4.69) is 12.2 Å². The Morgan fingerprint density at radius 1 is 1.11 bits per heavy atom. The van der Waals surface area contributed by atoms with E-state index in [-0.39, 0.29) is 0 Å². The molecule has 1 aromatic carbocycles. The zero-order chi connectivity index (χ0) is 13.9. The Hall–Kier alpha value is -0.730. The minimum Gasteiger partial charge on any atom is -0.492 e. The van der Waals surface area contributed by atoms with E-state index in [1.807, 2.05) is 25.1 Å². The van der Waals surface area contributed by atoms with Crippen molar-refractivity contribution in [1.82, 2.24) is 5.32 Å². The number of ether oxygens (including phenoxy) is 1. The summed E-state index contributed by atoms with van der Waals surface area (Å²) in [5, 5.41) is 4.13. The topological polar surface area (TPSA) is 21.3 Å². The molecule has 0 aliphatic rings. The molecule has 0 aliphatic carbocycles. The number of halogens is 1. The quantitative estimate of drug-likeness (QED) is 0.634. The maximum absolute atomic E-state index is 6.11. The molecule has 0 saturated heterocycles. The van der Waals surface area contributed by atoms with E-state index in [0.29, 0.717) is 5.02 Å². The third-order valence-corrected chi connectivity index (χ3v) is 3.31. The van der Waals surface area contributed by atoms with Crippen molar-refractivity contribution >= 4 is 11.6 Å². The molecule has 108 valence electrons. The second kappa shape index (κ2) is 10.1. The van der Waals surface area contributed by atoms with E-state index in [0.717, 1.165) is 37.4 Å². The highest BCUT2D eigenvalue weighted by Gasteiger charge is 2.00. The van der Waals surface area contributed by atoms with Gasteiger partial charge in [-0.3, -0.25) is 0 Å². The zero-order valence-corrected chi connectivity index (χ0v) is 12.9. The molecule has 3 heteroatoms. The maximum Gasteiger partial charge on any atom is 0.137 e. The lowest BCUT2D eigenvalue weighted by Gasteiger charge is -2.08. The van der Waals surface area contributed by atoms with Gasteiger partial charge in [-0.15, -0.1) is 0 Å².